The Morgan fingerprint density at radius 3 is 2.66 bits per heavy atom. The topological polar surface area (TPSA) is 97.7 Å². The maximum Gasteiger partial charge on any atom is 0.409 e. The van der Waals surface area contributed by atoms with Gasteiger partial charge in [-0.1, -0.05) is 33.8 Å². The first-order chi connectivity index (χ1) is 18.2. The van der Waals surface area contributed by atoms with Crippen LogP contribution in [-0.2, 0) is 4.74 Å². The van der Waals surface area contributed by atoms with Gasteiger partial charge in [0.05, 0.1) is 12.8 Å². The Morgan fingerprint density at radius 2 is 1.92 bits per heavy atom. The number of carbonyl (C=O) groups excluding carboxylic acids is 2. The van der Waals surface area contributed by atoms with Gasteiger partial charge < -0.3 is 25.0 Å². The summed E-state index contributed by atoms with van der Waals surface area (Å²) >= 11 is 0. The van der Waals surface area contributed by atoms with Gasteiger partial charge in [0.2, 0.25) is 5.88 Å². The van der Waals surface area contributed by atoms with Crippen LogP contribution in [0.2, 0.25) is 0 Å². The second kappa shape index (κ2) is 9.88. The average Bonchev–Trinajstić information content (AvgIpc) is 3.33. The molecule has 1 aliphatic heterocycles. The maximum absolute atomic E-state index is 13.5. The van der Waals surface area contributed by atoms with Crippen LogP contribution in [0.15, 0.2) is 12.3 Å². The van der Waals surface area contributed by atoms with E-state index in [-0.39, 0.29) is 24.6 Å². The number of amides is 2. The van der Waals surface area contributed by atoms with E-state index in [9.17, 15) is 9.59 Å². The molecule has 6 unspecified atom stereocenters. The molecule has 7 atom stereocenters. The van der Waals surface area contributed by atoms with Crippen molar-refractivity contribution < 1.29 is 19.1 Å². The van der Waals surface area contributed by atoms with Crippen LogP contribution < -0.4 is 15.4 Å². The molecule has 1 aromatic rings. The van der Waals surface area contributed by atoms with Crippen molar-refractivity contribution in [2.75, 3.05) is 39.4 Å². The van der Waals surface area contributed by atoms with Gasteiger partial charge in [-0.25, -0.2) is 9.48 Å². The van der Waals surface area contributed by atoms with E-state index in [1.807, 2.05) is 26.1 Å². The number of rotatable bonds is 9. The van der Waals surface area contributed by atoms with Crippen LogP contribution in [0.25, 0.3) is 6.20 Å². The first-order valence-corrected chi connectivity index (χ1v) is 14.5. The van der Waals surface area contributed by atoms with E-state index in [4.69, 9.17) is 9.47 Å². The third-order valence-electron chi connectivity index (χ3n) is 9.51. The molecule has 2 N–H and O–H groups in total. The van der Waals surface area contributed by atoms with E-state index < -0.39 is 5.41 Å². The molecule has 6 aliphatic rings. The lowest BCUT2D eigenvalue weighted by atomic mass is 9.65. The van der Waals surface area contributed by atoms with Crippen LogP contribution in [0.4, 0.5) is 4.79 Å². The predicted octanol–water partition coefficient (Wildman–Crippen LogP) is 3.48. The molecule has 4 bridgehead atoms. The highest BCUT2D eigenvalue weighted by Crippen LogP contribution is 2.74. The van der Waals surface area contributed by atoms with Crippen LogP contribution in [0.5, 0.6) is 5.88 Å². The molecule has 0 spiro atoms. The lowest BCUT2D eigenvalue weighted by Gasteiger charge is -2.45. The summed E-state index contributed by atoms with van der Waals surface area (Å²) in [6, 6.07) is 0.286. The third kappa shape index (κ3) is 4.82. The van der Waals surface area contributed by atoms with Gasteiger partial charge in [0, 0.05) is 43.8 Å². The van der Waals surface area contributed by atoms with Gasteiger partial charge in [0.15, 0.2) is 0 Å². The molecule has 9 nitrogen and oxygen atoms in total. The van der Waals surface area contributed by atoms with Gasteiger partial charge in [0.1, 0.15) is 12.2 Å². The fourth-order valence-electron chi connectivity index (χ4n) is 7.75. The Labute approximate surface area is 225 Å². The zero-order valence-corrected chi connectivity index (χ0v) is 23.2. The summed E-state index contributed by atoms with van der Waals surface area (Å²) in [5.74, 6) is 5.66. The summed E-state index contributed by atoms with van der Waals surface area (Å²) in [5.41, 5.74) is 0.0670. The lowest BCUT2D eigenvalue weighted by Crippen LogP contribution is -2.51. The van der Waals surface area contributed by atoms with Gasteiger partial charge in [-0.2, -0.15) is 5.10 Å². The Bertz CT molecular complexity index is 1090. The summed E-state index contributed by atoms with van der Waals surface area (Å²) < 4.78 is 13.4. The van der Waals surface area contributed by atoms with E-state index in [1.165, 1.54) is 19.3 Å². The monoisotopic (exact) mass is 525 g/mol. The fourth-order valence-corrected chi connectivity index (χ4v) is 7.75. The normalized spacial score (nSPS) is 33.2. The highest BCUT2D eigenvalue weighted by molar-refractivity contribution is 5.96. The minimum atomic E-state index is -0.421. The summed E-state index contributed by atoms with van der Waals surface area (Å²) in [7, 11) is 0. The predicted molar refractivity (Wildman–Crippen MR) is 144 cm³/mol. The highest BCUT2D eigenvalue weighted by atomic mass is 16.6. The van der Waals surface area contributed by atoms with E-state index in [1.54, 1.807) is 15.8 Å². The number of aromatic nitrogens is 2. The van der Waals surface area contributed by atoms with Gasteiger partial charge in [-0.3, -0.25) is 4.79 Å². The van der Waals surface area contributed by atoms with Gasteiger partial charge in [-0.15, -0.1) is 0 Å². The number of ether oxygens (including phenoxy) is 2. The van der Waals surface area contributed by atoms with Crippen LogP contribution in [-0.4, -0.2) is 72.1 Å². The quantitative estimate of drug-likeness (QED) is 0.512. The van der Waals surface area contributed by atoms with Crippen molar-refractivity contribution in [1.82, 2.24) is 25.3 Å². The second-order valence-electron chi connectivity index (χ2n) is 13.3. The van der Waals surface area contributed by atoms with Crippen molar-refractivity contribution in [3.05, 3.63) is 17.8 Å². The van der Waals surface area contributed by atoms with Crippen LogP contribution >= 0.6 is 0 Å². The zero-order valence-electron chi connectivity index (χ0n) is 23.2. The molecule has 0 aromatic carbocycles. The highest BCUT2D eigenvalue weighted by Gasteiger charge is 2.71. The molecule has 0 radical (unpaired) electrons. The zero-order chi connectivity index (χ0) is 26.6. The van der Waals surface area contributed by atoms with Crippen molar-refractivity contribution in [1.29, 1.82) is 0 Å². The fraction of sp³-hybridized carbons (Fsp3) is 0.759. The summed E-state index contributed by atoms with van der Waals surface area (Å²) in [4.78, 5) is 27.7. The standard InChI is InChI=1S/C29H43N5O4/c1-17(2)15-37-27-22(26(35)32-25-19-11-18-12-21(25)24-20(13-19)23(18)24)14-31-34(27)8-5-29(3,4)16-38-28(36)33-9-6-30-7-10-33/h5,8,14,17-21,23-25,30H,6-7,9-13,15-16H2,1-4H3,(H,32,35)/b8-5+/t18-,19?,20?,21?,23?,24?,25?/m0/s1. The van der Waals surface area contributed by atoms with E-state index in [0.29, 0.717) is 48.9 Å². The van der Waals surface area contributed by atoms with E-state index in [0.717, 1.165) is 36.8 Å². The molecule has 5 saturated carbocycles. The molecule has 1 saturated heterocycles. The van der Waals surface area contributed by atoms with Crippen LogP contribution in [0.3, 0.4) is 0 Å². The van der Waals surface area contributed by atoms with Crippen LogP contribution in [0.1, 0.15) is 57.3 Å². The van der Waals surface area contributed by atoms with Gasteiger partial charge in [0.25, 0.3) is 5.91 Å². The molecule has 208 valence electrons. The van der Waals surface area contributed by atoms with Crippen molar-refractivity contribution in [2.45, 2.75) is 53.0 Å². The molecular weight excluding hydrogens is 482 g/mol. The lowest BCUT2D eigenvalue weighted by molar-refractivity contribution is 0.0637. The molecule has 5 aliphatic carbocycles. The molecule has 7 rings (SSSR count). The number of piperazine rings is 1. The second-order valence-corrected chi connectivity index (χ2v) is 13.3. The van der Waals surface area contributed by atoms with Crippen molar-refractivity contribution in [3.63, 3.8) is 0 Å². The minimum Gasteiger partial charge on any atom is -0.477 e. The van der Waals surface area contributed by atoms with Gasteiger partial charge in [-0.05, 0) is 60.7 Å². The summed E-state index contributed by atoms with van der Waals surface area (Å²) in [6.45, 7) is 11.8. The summed E-state index contributed by atoms with van der Waals surface area (Å²) in [5, 5.41) is 11.2. The number of nitrogens with one attached hydrogen (secondary N) is 2. The smallest absolute Gasteiger partial charge is 0.409 e. The molecular formula is C29H43N5O4. The Hall–Kier alpha value is -2.55. The van der Waals surface area contributed by atoms with Crippen molar-refractivity contribution >= 4 is 18.2 Å². The molecule has 2 amide bonds. The molecule has 9 heteroatoms. The van der Waals surface area contributed by atoms with E-state index in [2.05, 4.69) is 29.6 Å². The van der Waals surface area contributed by atoms with E-state index >= 15 is 0 Å². The molecule has 6 fully saturated rings. The largest absolute Gasteiger partial charge is 0.477 e. The first-order valence-electron chi connectivity index (χ1n) is 14.5. The SMILES string of the molecule is CC(C)COc1c(C(=O)NC2C3CC4C5C2C[C@H](C3)C45)cnn1/C=C/C(C)(C)COC(=O)N1CCNCC1. The maximum atomic E-state index is 13.5. The summed E-state index contributed by atoms with van der Waals surface area (Å²) in [6.07, 6.45) is 8.98. The molecule has 1 aromatic heterocycles. The number of carbonyl (C=O) groups is 2. The van der Waals surface area contributed by atoms with Crippen molar-refractivity contribution in [2.24, 2.45) is 46.8 Å². The third-order valence-corrected chi connectivity index (χ3v) is 9.51. The molecule has 38 heavy (non-hydrogen) atoms. The minimum absolute atomic E-state index is 0.0800. The molecule has 2 heterocycles. The van der Waals surface area contributed by atoms with Crippen LogP contribution in [0, 0.1) is 46.8 Å². The number of hydrogen-bond acceptors (Lipinski definition) is 6. The number of hydrogen-bond donors (Lipinski definition) is 2. The van der Waals surface area contributed by atoms with Crippen molar-refractivity contribution in [3.8, 4) is 5.88 Å². The number of nitrogens with zero attached hydrogens (tertiary/aromatic N) is 3. The Morgan fingerprint density at radius 1 is 1.16 bits per heavy atom. The Kier molecular flexibility index (Phi) is 6.69. The average molecular weight is 526 g/mol. The Balaban J connectivity index is 1.12. The first kappa shape index (κ1) is 25.7. The van der Waals surface area contributed by atoms with Gasteiger partial charge >= 0.3 is 6.09 Å².